The van der Waals surface area contributed by atoms with Crippen LogP contribution >= 0.6 is 0 Å². The van der Waals surface area contributed by atoms with Crippen LogP contribution < -0.4 is 0 Å². The molecule has 0 aliphatic rings. The second-order valence-electron chi connectivity index (χ2n) is 6.47. The fourth-order valence-corrected chi connectivity index (χ4v) is 2.56. The maximum absolute atomic E-state index is 8.79. The molecule has 1 N–H and O–H groups in total. The van der Waals surface area contributed by atoms with Gasteiger partial charge in [0.25, 0.3) is 0 Å². The fraction of sp³-hybridized carbons (Fsp3) is 1.00. The lowest BCUT2D eigenvalue weighted by Gasteiger charge is -2.36. The number of aliphatic hydroxyl groups excluding tert-OH is 1. The summed E-state index contributed by atoms with van der Waals surface area (Å²) in [6.45, 7) is 17.9. The molecule has 18 heavy (non-hydrogen) atoms. The number of rotatable bonds is 9. The molecule has 0 saturated carbocycles. The zero-order valence-electron chi connectivity index (χ0n) is 13.3. The number of likely N-dealkylation sites (N-methyl/N-ethyl adjacent to an activating group) is 1. The maximum Gasteiger partial charge on any atom is 0.192 e. The van der Waals surface area contributed by atoms with Crippen LogP contribution in [-0.4, -0.2) is 51.2 Å². The minimum atomic E-state index is -1.59. The highest BCUT2D eigenvalue weighted by Gasteiger charge is 2.36. The summed E-state index contributed by atoms with van der Waals surface area (Å²) in [6, 6.07) is 0. The summed E-state index contributed by atoms with van der Waals surface area (Å²) < 4.78 is 6.18. The molecular weight excluding hydrogens is 242 g/mol. The Labute approximate surface area is 115 Å². The summed E-state index contributed by atoms with van der Waals surface area (Å²) in [4.78, 5) is 2.41. The van der Waals surface area contributed by atoms with Gasteiger partial charge < -0.3 is 14.4 Å². The van der Waals surface area contributed by atoms with Gasteiger partial charge >= 0.3 is 0 Å². The largest absolute Gasteiger partial charge is 0.416 e. The Bertz CT molecular complexity index is 214. The first-order valence-corrected chi connectivity index (χ1v) is 10.1. The summed E-state index contributed by atoms with van der Waals surface area (Å²) in [5.41, 5.74) is 0. The number of nitrogens with zero attached hydrogens (tertiary/aromatic N) is 1. The highest BCUT2D eigenvalue weighted by molar-refractivity contribution is 6.74. The van der Waals surface area contributed by atoms with Crippen LogP contribution in [0.2, 0.25) is 18.1 Å². The molecular formula is C14H33NO2Si. The number of hydrogen-bond acceptors (Lipinski definition) is 3. The third-order valence-corrected chi connectivity index (χ3v) is 8.54. The van der Waals surface area contributed by atoms with Crippen molar-refractivity contribution >= 4 is 8.32 Å². The van der Waals surface area contributed by atoms with E-state index < -0.39 is 8.32 Å². The fourth-order valence-electron chi connectivity index (χ4n) is 1.52. The third-order valence-electron chi connectivity index (χ3n) is 4.01. The molecule has 0 fully saturated rings. The molecule has 0 heterocycles. The summed E-state index contributed by atoms with van der Waals surface area (Å²) in [7, 11) is -1.59. The van der Waals surface area contributed by atoms with Crippen molar-refractivity contribution < 1.29 is 9.53 Å². The van der Waals surface area contributed by atoms with E-state index in [1.54, 1.807) is 0 Å². The smallest absolute Gasteiger partial charge is 0.192 e. The quantitative estimate of drug-likeness (QED) is 0.518. The maximum atomic E-state index is 8.79. The molecule has 0 radical (unpaired) electrons. The monoisotopic (exact) mass is 275 g/mol. The second kappa shape index (κ2) is 8.30. The SMILES string of the molecule is CCN(CCCCO)CCO[Si](C)(C)C(C)(C)C. The van der Waals surface area contributed by atoms with Crippen LogP contribution in [0.1, 0.15) is 40.5 Å². The lowest BCUT2D eigenvalue weighted by molar-refractivity contribution is 0.196. The third kappa shape index (κ3) is 6.88. The molecule has 0 atom stereocenters. The van der Waals surface area contributed by atoms with Crippen molar-refractivity contribution in [1.82, 2.24) is 4.90 Å². The van der Waals surface area contributed by atoms with Crippen LogP contribution in [0.3, 0.4) is 0 Å². The Hall–Kier alpha value is 0.0969. The van der Waals surface area contributed by atoms with E-state index in [0.717, 1.165) is 39.1 Å². The molecule has 0 aliphatic carbocycles. The number of aliphatic hydroxyl groups is 1. The highest BCUT2D eigenvalue weighted by atomic mass is 28.4. The van der Waals surface area contributed by atoms with E-state index >= 15 is 0 Å². The van der Waals surface area contributed by atoms with Crippen LogP contribution in [0.25, 0.3) is 0 Å². The average Bonchev–Trinajstić information content (AvgIpc) is 2.25. The Morgan fingerprint density at radius 2 is 1.72 bits per heavy atom. The summed E-state index contributed by atoms with van der Waals surface area (Å²) in [5.74, 6) is 0. The van der Waals surface area contributed by atoms with E-state index in [9.17, 15) is 0 Å². The Morgan fingerprint density at radius 1 is 1.11 bits per heavy atom. The lowest BCUT2D eigenvalue weighted by Crippen LogP contribution is -2.42. The molecule has 4 heteroatoms. The van der Waals surface area contributed by atoms with Gasteiger partial charge in [-0.05, 0) is 44.1 Å². The van der Waals surface area contributed by atoms with Crippen LogP contribution in [0, 0.1) is 0 Å². The number of hydrogen-bond donors (Lipinski definition) is 1. The summed E-state index contributed by atoms with van der Waals surface area (Å²) in [5, 5.41) is 9.08. The van der Waals surface area contributed by atoms with Crippen molar-refractivity contribution in [2.75, 3.05) is 32.8 Å². The molecule has 0 aliphatic heterocycles. The molecule has 0 amide bonds. The van der Waals surface area contributed by atoms with Crippen molar-refractivity contribution in [2.24, 2.45) is 0 Å². The standard InChI is InChI=1S/C14H33NO2Si/c1-7-15(10-8-9-12-16)11-13-17-18(5,6)14(2,3)4/h16H,7-13H2,1-6H3. The number of unbranched alkanes of at least 4 members (excludes halogenated alkanes) is 1. The lowest BCUT2D eigenvalue weighted by atomic mass is 10.2. The minimum Gasteiger partial charge on any atom is -0.416 e. The van der Waals surface area contributed by atoms with E-state index in [4.69, 9.17) is 9.53 Å². The predicted octanol–water partition coefficient (Wildman–Crippen LogP) is 3.10. The second-order valence-corrected chi connectivity index (χ2v) is 11.3. The van der Waals surface area contributed by atoms with E-state index in [1.165, 1.54) is 0 Å². The molecule has 0 saturated heterocycles. The first kappa shape index (κ1) is 18.1. The zero-order chi connectivity index (χ0) is 14.2. The van der Waals surface area contributed by atoms with Gasteiger partial charge in [-0.25, -0.2) is 0 Å². The van der Waals surface area contributed by atoms with Gasteiger partial charge in [-0.15, -0.1) is 0 Å². The first-order valence-electron chi connectivity index (χ1n) is 7.21. The zero-order valence-corrected chi connectivity index (χ0v) is 14.3. The van der Waals surface area contributed by atoms with Gasteiger partial charge in [0.05, 0.1) is 0 Å². The molecule has 0 aromatic carbocycles. The van der Waals surface area contributed by atoms with Crippen molar-refractivity contribution in [1.29, 1.82) is 0 Å². The van der Waals surface area contributed by atoms with E-state index in [0.29, 0.717) is 11.6 Å². The van der Waals surface area contributed by atoms with E-state index in [2.05, 4.69) is 45.7 Å². The molecule has 110 valence electrons. The van der Waals surface area contributed by atoms with Crippen LogP contribution in [0.15, 0.2) is 0 Å². The van der Waals surface area contributed by atoms with E-state index in [-0.39, 0.29) is 0 Å². The molecule has 0 unspecified atom stereocenters. The van der Waals surface area contributed by atoms with Gasteiger partial charge in [-0.2, -0.15) is 0 Å². The average molecular weight is 276 g/mol. The highest BCUT2D eigenvalue weighted by Crippen LogP contribution is 2.36. The van der Waals surface area contributed by atoms with Crippen LogP contribution in [0.4, 0.5) is 0 Å². The van der Waals surface area contributed by atoms with Gasteiger partial charge in [0.2, 0.25) is 0 Å². The van der Waals surface area contributed by atoms with Gasteiger partial charge in [0.15, 0.2) is 8.32 Å². The molecule has 0 aromatic rings. The molecule has 0 bridgehead atoms. The Kier molecular flexibility index (Phi) is 8.35. The van der Waals surface area contributed by atoms with Crippen molar-refractivity contribution in [3.63, 3.8) is 0 Å². The Balaban J connectivity index is 3.93. The van der Waals surface area contributed by atoms with Crippen LogP contribution in [0.5, 0.6) is 0 Å². The van der Waals surface area contributed by atoms with Crippen molar-refractivity contribution in [3.8, 4) is 0 Å². The van der Waals surface area contributed by atoms with Gasteiger partial charge in [-0.1, -0.05) is 27.7 Å². The minimum absolute atomic E-state index is 0.293. The molecule has 3 nitrogen and oxygen atoms in total. The Morgan fingerprint density at radius 3 is 2.17 bits per heavy atom. The molecule has 0 spiro atoms. The molecule has 0 rings (SSSR count). The first-order chi connectivity index (χ1) is 8.24. The van der Waals surface area contributed by atoms with Crippen molar-refractivity contribution in [2.45, 2.75) is 58.7 Å². The van der Waals surface area contributed by atoms with Gasteiger partial charge in [0.1, 0.15) is 0 Å². The summed E-state index contributed by atoms with van der Waals surface area (Å²) in [6.07, 6.45) is 1.98. The van der Waals surface area contributed by atoms with Crippen LogP contribution in [-0.2, 0) is 4.43 Å². The van der Waals surface area contributed by atoms with Gasteiger partial charge in [0, 0.05) is 19.8 Å². The molecule has 0 aromatic heterocycles. The normalized spacial score (nSPS) is 13.3. The summed E-state index contributed by atoms with van der Waals surface area (Å²) >= 11 is 0. The van der Waals surface area contributed by atoms with Gasteiger partial charge in [-0.3, -0.25) is 0 Å². The van der Waals surface area contributed by atoms with Crippen molar-refractivity contribution in [3.05, 3.63) is 0 Å². The predicted molar refractivity (Wildman–Crippen MR) is 81.6 cm³/mol. The topological polar surface area (TPSA) is 32.7 Å². The van der Waals surface area contributed by atoms with E-state index in [1.807, 2.05) is 0 Å².